The number of carbonyl (C=O) groups excluding carboxylic acids is 1. The van der Waals surface area contributed by atoms with Gasteiger partial charge in [-0.25, -0.2) is 4.39 Å². The van der Waals surface area contributed by atoms with Crippen LogP contribution in [0.25, 0.3) is 10.9 Å². The van der Waals surface area contributed by atoms with E-state index in [0.29, 0.717) is 29.3 Å². The molecule has 2 fully saturated rings. The maximum absolute atomic E-state index is 13.8. The zero-order chi connectivity index (χ0) is 21.4. The monoisotopic (exact) mass is 411 g/mol. The molecule has 1 aromatic carbocycles. The number of amides is 1. The molecule has 2 aliphatic rings. The number of nitrogens with zero attached hydrogens (tertiary/aromatic N) is 2. The summed E-state index contributed by atoms with van der Waals surface area (Å²) >= 11 is 0. The predicted molar refractivity (Wildman–Crippen MR) is 108 cm³/mol. The highest BCUT2D eigenvalue weighted by atomic mass is 19.1. The van der Waals surface area contributed by atoms with Gasteiger partial charge < -0.3 is 10.3 Å². The number of aromatic nitrogens is 1. The fourth-order valence-corrected chi connectivity index (χ4v) is 4.47. The number of rotatable bonds is 5. The molecule has 2 unspecified atom stereocenters. The van der Waals surface area contributed by atoms with Crippen molar-refractivity contribution < 1.29 is 13.9 Å². The van der Waals surface area contributed by atoms with E-state index < -0.39 is 12.1 Å². The molecule has 1 saturated heterocycles. The molecule has 4 rings (SSSR count). The van der Waals surface area contributed by atoms with Gasteiger partial charge in [-0.2, -0.15) is 5.26 Å². The molecule has 8 heteroatoms. The zero-order valence-corrected chi connectivity index (χ0v) is 16.8. The summed E-state index contributed by atoms with van der Waals surface area (Å²) in [6.45, 7) is 1.91. The van der Waals surface area contributed by atoms with Gasteiger partial charge in [0.2, 0.25) is 18.5 Å². The highest BCUT2D eigenvalue weighted by Crippen LogP contribution is 2.44. The minimum Gasteiger partial charge on any atom is -0.347 e. The van der Waals surface area contributed by atoms with E-state index in [1.165, 1.54) is 12.1 Å². The molecule has 2 N–H and O–H groups in total. The summed E-state index contributed by atoms with van der Waals surface area (Å²) in [7, 11) is 0. The van der Waals surface area contributed by atoms with Crippen LogP contribution in [0.5, 0.6) is 0 Å². The predicted octanol–water partition coefficient (Wildman–Crippen LogP) is 2.67. The number of hydrogen-bond donors (Lipinski definition) is 2. The quantitative estimate of drug-likeness (QED) is 0.738. The third kappa shape index (κ3) is 3.97. The van der Waals surface area contributed by atoms with Crippen LogP contribution in [0.1, 0.15) is 49.7 Å². The molecule has 2 heterocycles. The maximum Gasteiger partial charge on any atom is 0.252 e. The molecule has 156 valence electrons. The van der Waals surface area contributed by atoms with Crippen molar-refractivity contribution in [2.45, 2.75) is 57.0 Å². The third-order valence-corrected chi connectivity index (χ3v) is 6.17. The number of aromatic amines is 1. The fourth-order valence-electron chi connectivity index (χ4n) is 4.47. The van der Waals surface area contributed by atoms with Crippen LogP contribution in [0.15, 0.2) is 23.0 Å². The van der Waals surface area contributed by atoms with E-state index in [4.69, 9.17) is 5.26 Å². The number of carbonyl (C=O) groups is 1. The average Bonchev–Trinajstić information content (AvgIpc) is 3.53. The third-order valence-electron chi connectivity index (χ3n) is 6.17. The summed E-state index contributed by atoms with van der Waals surface area (Å²) in [6, 6.07) is 5.58. The smallest absolute Gasteiger partial charge is 0.252 e. The van der Waals surface area contributed by atoms with Crippen LogP contribution in [0.2, 0.25) is 0 Å². The first-order valence-corrected chi connectivity index (χ1v) is 10.3. The lowest BCUT2D eigenvalue weighted by atomic mass is 9.92. The zero-order valence-electron chi connectivity index (χ0n) is 16.8. The molecular weight excluding hydrogens is 387 g/mol. The Bertz CT molecular complexity index is 1120. The SMILES string of the molecule is C[C@H](NC(=O)Cc1c(C2CC2)c2cc(F)ccc2[nH]c1=O)C1CCC(C#N)C[N+]1=O. The minimum absolute atomic E-state index is 0.121. The Morgan fingerprint density at radius 2 is 2.13 bits per heavy atom. The molecule has 0 radical (unpaired) electrons. The molecule has 2 aromatic rings. The number of benzene rings is 1. The molecule has 1 amide bonds. The summed E-state index contributed by atoms with van der Waals surface area (Å²) in [5, 5.41) is 12.5. The van der Waals surface area contributed by atoms with Gasteiger partial charge in [-0.05, 0) is 55.9 Å². The first kappa shape index (κ1) is 20.2. The molecule has 0 spiro atoms. The molecule has 1 aliphatic heterocycles. The van der Waals surface area contributed by atoms with Gasteiger partial charge in [0.05, 0.1) is 18.5 Å². The van der Waals surface area contributed by atoms with Crippen molar-refractivity contribution in [1.29, 1.82) is 5.26 Å². The number of fused-ring (bicyclic) bond motifs is 1. The van der Waals surface area contributed by atoms with Crippen molar-refractivity contribution in [2.24, 2.45) is 5.92 Å². The summed E-state index contributed by atoms with van der Waals surface area (Å²) in [6.07, 6.45) is 2.86. The van der Waals surface area contributed by atoms with E-state index in [1.54, 1.807) is 13.0 Å². The molecule has 1 aromatic heterocycles. The van der Waals surface area contributed by atoms with Gasteiger partial charge in [0.1, 0.15) is 11.7 Å². The molecule has 3 atom stereocenters. The van der Waals surface area contributed by atoms with Crippen molar-refractivity contribution in [2.75, 3.05) is 6.54 Å². The lowest BCUT2D eigenvalue weighted by molar-refractivity contribution is -0.603. The van der Waals surface area contributed by atoms with Gasteiger partial charge in [-0.3, -0.25) is 9.59 Å². The Hall–Kier alpha value is -3.08. The van der Waals surface area contributed by atoms with Gasteiger partial charge in [0.15, 0.2) is 0 Å². The van der Waals surface area contributed by atoms with E-state index in [2.05, 4.69) is 16.4 Å². The minimum atomic E-state index is -0.406. The van der Waals surface area contributed by atoms with Crippen LogP contribution in [0.4, 0.5) is 4.39 Å². The first-order chi connectivity index (χ1) is 14.4. The Kier molecular flexibility index (Phi) is 5.37. The lowest BCUT2D eigenvalue weighted by Crippen LogP contribution is -2.49. The Morgan fingerprint density at radius 1 is 1.37 bits per heavy atom. The number of H-pyrrole nitrogens is 1. The molecular formula is C22H24FN4O3+. The molecule has 1 aliphatic carbocycles. The van der Waals surface area contributed by atoms with Crippen molar-refractivity contribution in [3.8, 4) is 6.07 Å². The topological polar surface area (TPSA) is 106 Å². The highest BCUT2D eigenvalue weighted by Gasteiger charge is 2.39. The van der Waals surface area contributed by atoms with Gasteiger partial charge in [-0.1, -0.05) is 0 Å². The van der Waals surface area contributed by atoms with E-state index in [0.717, 1.165) is 23.2 Å². The van der Waals surface area contributed by atoms with Crippen LogP contribution in [0, 0.1) is 28.0 Å². The molecule has 30 heavy (non-hydrogen) atoms. The van der Waals surface area contributed by atoms with Gasteiger partial charge in [0.25, 0.3) is 5.56 Å². The number of pyridine rings is 1. The van der Waals surface area contributed by atoms with E-state index in [1.807, 2.05) is 0 Å². The second-order valence-electron chi connectivity index (χ2n) is 8.41. The Balaban J connectivity index is 1.54. The van der Waals surface area contributed by atoms with Crippen molar-refractivity contribution >= 4 is 16.8 Å². The fraction of sp³-hybridized carbons (Fsp3) is 0.500. The number of halogens is 1. The van der Waals surface area contributed by atoms with E-state index >= 15 is 0 Å². The summed E-state index contributed by atoms with van der Waals surface area (Å²) in [5.41, 5.74) is 1.36. The van der Waals surface area contributed by atoms with Crippen molar-refractivity contribution in [3.63, 3.8) is 0 Å². The number of nitrogens with one attached hydrogen (secondary N) is 2. The largest absolute Gasteiger partial charge is 0.347 e. The van der Waals surface area contributed by atoms with E-state index in [9.17, 15) is 18.9 Å². The summed E-state index contributed by atoms with van der Waals surface area (Å²) in [4.78, 5) is 40.4. The summed E-state index contributed by atoms with van der Waals surface area (Å²) < 4.78 is 14.7. The van der Waals surface area contributed by atoms with Crippen molar-refractivity contribution in [1.82, 2.24) is 10.3 Å². The van der Waals surface area contributed by atoms with Gasteiger partial charge in [-0.15, -0.1) is 0 Å². The maximum atomic E-state index is 13.8. The average molecular weight is 411 g/mol. The molecule has 7 nitrogen and oxygen atoms in total. The van der Waals surface area contributed by atoms with E-state index in [-0.39, 0.29) is 42.1 Å². The lowest BCUT2D eigenvalue weighted by Gasteiger charge is -2.23. The number of hydrogen-bond acceptors (Lipinski definition) is 4. The second-order valence-corrected chi connectivity index (χ2v) is 8.41. The van der Waals surface area contributed by atoms with Crippen LogP contribution in [-0.4, -0.2) is 34.3 Å². The Morgan fingerprint density at radius 3 is 2.80 bits per heavy atom. The number of piperidine rings is 1. The number of nitroso groups, excluding NO2 is 1. The number of nitriles is 1. The summed E-state index contributed by atoms with van der Waals surface area (Å²) in [5.74, 6) is -0.847. The van der Waals surface area contributed by atoms with Crippen molar-refractivity contribution in [3.05, 3.63) is 50.4 Å². The van der Waals surface area contributed by atoms with Crippen LogP contribution < -0.4 is 10.9 Å². The van der Waals surface area contributed by atoms with Crippen LogP contribution in [-0.2, 0) is 11.2 Å². The van der Waals surface area contributed by atoms with Gasteiger partial charge in [0, 0.05) is 32.6 Å². The highest BCUT2D eigenvalue weighted by molar-refractivity contribution is 5.87. The second kappa shape index (κ2) is 7.98. The first-order valence-electron chi connectivity index (χ1n) is 10.3. The normalized spacial score (nSPS) is 22.5. The Labute approximate surface area is 172 Å². The standard InChI is InChI=1S/C22H23FN4O3/c1-12(19-7-2-13(10-24)11-27(19)30)25-20(28)9-17-21(14-3-4-14)16-8-15(23)5-6-18(16)26-22(17)29/h5-6,8,12-14,19H,2-4,7,9,11H2,1H3,(H-,25,26,28,29)/p+1/t12-,13?,19?/m0/s1. The molecule has 1 saturated carbocycles. The van der Waals surface area contributed by atoms with Crippen LogP contribution >= 0.6 is 0 Å². The van der Waals surface area contributed by atoms with Gasteiger partial charge >= 0.3 is 0 Å². The molecule has 0 bridgehead atoms. The van der Waals surface area contributed by atoms with Crippen LogP contribution in [0.3, 0.4) is 0 Å².